The Morgan fingerprint density at radius 3 is 2.43 bits per heavy atom. The number of carbonyl (C=O) groups is 1. The van der Waals surface area contributed by atoms with Gasteiger partial charge in [0.2, 0.25) is 5.91 Å². The van der Waals surface area contributed by atoms with Crippen LogP contribution in [0.3, 0.4) is 0 Å². The van der Waals surface area contributed by atoms with E-state index in [9.17, 15) is 18.0 Å². The van der Waals surface area contributed by atoms with E-state index in [0.717, 1.165) is 12.6 Å². The summed E-state index contributed by atoms with van der Waals surface area (Å²) in [6.07, 6.45) is -4.44. The summed E-state index contributed by atoms with van der Waals surface area (Å²) in [5.41, 5.74) is 0.788. The first-order chi connectivity index (χ1) is 12.7. The van der Waals surface area contributed by atoms with Crippen LogP contribution in [0.5, 0.6) is 11.5 Å². The first-order valence-electron chi connectivity index (χ1n) is 8.24. The number of benzene rings is 1. The van der Waals surface area contributed by atoms with Crippen LogP contribution in [0.4, 0.5) is 13.2 Å². The number of ether oxygens (including phenoxy) is 2. The van der Waals surface area contributed by atoms with Crippen LogP contribution in [-0.4, -0.2) is 63.8 Å². The van der Waals surface area contributed by atoms with E-state index in [1.54, 1.807) is 25.3 Å². The van der Waals surface area contributed by atoms with Crippen LogP contribution >= 0.6 is 24.0 Å². The van der Waals surface area contributed by atoms with Crippen molar-refractivity contribution in [1.29, 1.82) is 0 Å². The van der Waals surface area contributed by atoms with E-state index >= 15 is 0 Å². The van der Waals surface area contributed by atoms with Gasteiger partial charge in [-0.2, -0.15) is 13.2 Å². The number of nitrogens with one attached hydrogen (secondary N) is 2. The highest BCUT2D eigenvalue weighted by atomic mass is 127. The van der Waals surface area contributed by atoms with Crippen molar-refractivity contribution in [2.75, 3.05) is 40.9 Å². The molecule has 2 N–H and O–H groups in total. The molecule has 160 valence electrons. The number of hydrogen-bond donors (Lipinski definition) is 2. The van der Waals surface area contributed by atoms with Crippen LogP contribution in [0.15, 0.2) is 23.2 Å². The van der Waals surface area contributed by atoms with Crippen molar-refractivity contribution in [1.82, 2.24) is 15.5 Å². The van der Waals surface area contributed by atoms with Crippen molar-refractivity contribution >= 4 is 35.8 Å². The zero-order chi connectivity index (χ0) is 20.4. The molecule has 0 aliphatic carbocycles. The van der Waals surface area contributed by atoms with Crippen LogP contribution in [0.2, 0.25) is 0 Å². The standard InChI is InChI=1S/C17H25F3N4O3.HI/c1-5-21-16(23-10-15(25)24(2)11-17(18,19)20)22-9-12-6-7-13(26-3)8-14(12)27-4;/h6-8H,5,9-11H2,1-4H3,(H2,21,22,23);1H. The van der Waals surface area contributed by atoms with Gasteiger partial charge < -0.3 is 25.0 Å². The number of alkyl halides is 3. The summed E-state index contributed by atoms with van der Waals surface area (Å²) >= 11 is 0. The summed E-state index contributed by atoms with van der Waals surface area (Å²) in [4.78, 5) is 16.8. The van der Waals surface area contributed by atoms with E-state index in [4.69, 9.17) is 9.47 Å². The molecule has 0 heterocycles. The molecule has 1 amide bonds. The number of guanidine groups is 1. The highest BCUT2D eigenvalue weighted by molar-refractivity contribution is 14.0. The minimum Gasteiger partial charge on any atom is -0.497 e. The van der Waals surface area contributed by atoms with Gasteiger partial charge in [-0.3, -0.25) is 4.79 Å². The minimum absolute atomic E-state index is 0. The average molecular weight is 518 g/mol. The van der Waals surface area contributed by atoms with Gasteiger partial charge in [0, 0.05) is 25.2 Å². The molecule has 0 aliphatic rings. The molecule has 7 nitrogen and oxygen atoms in total. The second kappa shape index (κ2) is 12.5. The second-order valence-electron chi connectivity index (χ2n) is 5.59. The fourth-order valence-electron chi connectivity index (χ4n) is 2.14. The van der Waals surface area contributed by atoms with Gasteiger partial charge in [-0.25, -0.2) is 4.99 Å². The zero-order valence-corrected chi connectivity index (χ0v) is 18.6. The maximum Gasteiger partial charge on any atom is 0.406 e. The summed E-state index contributed by atoms with van der Waals surface area (Å²) in [7, 11) is 4.18. The van der Waals surface area contributed by atoms with Crippen molar-refractivity contribution in [3.05, 3.63) is 23.8 Å². The molecule has 1 rings (SSSR count). The second-order valence-corrected chi connectivity index (χ2v) is 5.59. The maximum atomic E-state index is 12.3. The summed E-state index contributed by atoms with van der Waals surface area (Å²) in [6.45, 7) is 0.998. The molecule has 0 aromatic heterocycles. The summed E-state index contributed by atoms with van der Waals surface area (Å²) in [6, 6.07) is 5.29. The lowest BCUT2D eigenvalue weighted by atomic mass is 10.2. The fourth-order valence-corrected chi connectivity index (χ4v) is 2.14. The Morgan fingerprint density at radius 1 is 1.21 bits per heavy atom. The van der Waals surface area contributed by atoms with Crippen molar-refractivity contribution in [3.8, 4) is 11.5 Å². The fraction of sp³-hybridized carbons (Fsp3) is 0.529. The Hall–Kier alpha value is -1.92. The largest absolute Gasteiger partial charge is 0.497 e. The molecule has 0 saturated heterocycles. The third-order valence-electron chi connectivity index (χ3n) is 3.50. The molecular formula is C17H26F3IN4O3. The first kappa shape index (κ1) is 26.1. The quantitative estimate of drug-likeness (QED) is 0.314. The van der Waals surface area contributed by atoms with Crippen LogP contribution in [0, 0.1) is 0 Å². The van der Waals surface area contributed by atoms with Gasteiger partial charge in [-0.05, 0) is 19.1 Å². The SMILES string of the molecule is CCNC(=NCc1ccc(OC)cc1OC)NCC(=O)N(C)CC(F)(F)F.I. The lowest BCUT2D eigenvalue weighted by Gasteiger charge is -2.20. The lowest BCUT2D eigenvalue weighted by molar-refractivity contribution is -0.157. The summed E-state index contributed by atoms with van der Waals surface area (Å²) in [5, 5.41) is 5.67. The van der Waals surface area contributed by atoms with Crippen LogP contribution in [0.1, 0.15) is 12.5 Å². The number of amides is 1. The molecule has 0 saturated carbocycles. The van der Waals surface area contributed by atoms with Gasteiger partial charge in [0.25, 0.3) is 0 Å². The number of aliphatic imine (C=N–C) groups is 1. The topological polar surface area (TPSA) is 75.2 Å². The van der Waals surface area contributed by atoms with Crippen LogP contribution in [-0.2, 0) is 11.3 Å². The number of methoxy groups -OCH3 is 2. The Bertz CT molecular complexity index is 657. The Kier molecular flexibility index (Phi) is 11.7. The molecule has 28 heavy (non-hydrogen) atoms. The van der Waals surface area contributed by atoms with E-state index in [1.165, 1.54) is 7.11 Å². The Morgan fingerprint density at radius 2 is 1.89 bits per heavy atom. The molecule has 0 spiro atoms. The monoisotopic (exact) mass is 518 g/mol. The Labute approximate surface area is 179 Å². The van der Waals surface area contributed by atoms with E-state index in [0.29, 0.717) is 28.9 Å². The van der Waals surface area contributed by atoms with Crippen molar-refractivity contribution < 1.29 is 27.4 Å². The van der Waals surface area contributed by atoms with E-state index in [2.05, 4.69) is 15.6 Å². The molecule has 0 aliphatic heterocycles. The van der Waals surface area contributed by atoms with E-state index in [-0.39, 0.29) is 37.1 Å². The third kappa shape index (κ3) is 9.33. The average Bonchev–Trinajstić information content (AvgIpc) is 2.62. The number of halogens is 4. The first-order valence-corrected chi connectivity index (χ1v) is 8.24. The molecule has 11 heteroatoms. The van der Waals surface area contributed by atoms with Crippen LogP contribution in [0.25, 0.3) is 0 Å². The van der Waals surface area contributed by atoms with Crippen molar-refractivity contribution in [2.45, 2.75) is 19.6 Å². The van der Waals surface area contributed by atoms with Crippen LogP contribution < -0.4 is 20.1 Å². The Balaban J connectivity index is 0.00000729. The van der Waals surface area contributed by atoms with Gasteiger partial charge in [-0.1, -0.05) is 0 Å². The number of nitrogens with zero attached hydrogens (tertiary/aromatic N) is 2. The number of likely N-dealkylation sites (N-methyl/N-ethyl adjacent to an activating group) is 1. The number of rotatable bonds is 8. The smallest absolute Gasteiger partial charge is 0.406 e. The molecule has 0 radical (unpaired) electrons. The lowest BCUT2D eigenvalue weighted by Crippen LogP contribution is -2.45. The molecule has 0 fully saturated rings. The highest BCUT2D eigenvalue weighted by Gasteiger charge is 2.31. The van der Waals surface area contributed by atoms with Gasteiger partial charge in [-0.15, -0.1) is 24.0 Å². The predicted octanol–water partition coefficient (Wildman–Crippen LogP) is 2.40. The molecule has 0 bridgehead atoms. The van der Waals surface area contributed by atoms with E-state index in [1.807, 2.05) is 6.92 Å². The highest BCUT2D eigenvalue weighted by Crippen LogP contribution is 2.25. The predicted molar refractivity (Wildman–Crippen MR) is 111 cm³/mol. The van der Waals surface area contributed by atoms with Gasteiger partial charge in [0.05, 0.1) is 27.3 Å². The van der Waals surface area contributed by atoms with Gasteiger partial charge >= 0.3 is 6.18 Å². The molecule has 0 unspecified atom stereocenters. The molecule has 1 aromatic carbocycles. The molecule has 1 aromatic rings. The summed E-state index contributed by atoms with van der Waals surface area (Å²) < 4.78 is 47.5. The van der Waals surface area contributed by atoms with Gasteiger partial charge in [0.15, 0.2) is 5.96 Å². The molecule has 0 atom stereocenters. The summed E-state index contributed by atoms with van der Waals surface area (Å²) in [5.74, 6) is 0.849. The molecular weight excluding hydrogens is 492 g/mol. The van der Waals surface area contributed by atoms with Crippen molar-refractivity contribution in [3.63, 3.8) is 0 Å². The van der Waals surface area contributed by atoms with Crippen molar-refractivity contribution in [2.24, 2.45) is 4.99 Å². The zero-order valence-electron chi connectivity index (χ0n) is 16.2. The van der Waals surface area contributed by atoms with Gasteiger partial charge in [0.1, 0.15) is 18.0 Å². The maximum absolute atomic E-state index is 12.3. The minimum atomic E-state index is -4.44. The number of hydrogen-bond acceptors (Lipinski definition) is 4. The third-order valence-corrected chi connectivity index (χ3v) is 3.50. The number of carbonyl (C=O) groups excluding carboxylic acids is 1. The normalized spacial score (nSPS) is 11.3. The van der Waals surface area contributed by atoms with E-state index < -0.39 is 18.6 Å².